The molecule has 0 atom stereocenters. The van der Waals surface area contributed by atoms with E-state index in [4.69, 9.17) is 5.73 Å². The van der Waals surface area contributed by atoms with Crippen LogP contribution in [0.4, 0.5) is 0 Å². The Morgan fingerprint density at radius 2 is 1.67 bits per heavy atom. The van der Waals surface area contributed by atoms with Crippen LogP contribution in [0.5, 0.6) is 0 Å². The first-order valence-electron chi connectivity index (χ1n) is 4.04. The van der Waals surface area contributed by atoms with Gasteiger partial charge in [0.1, 0.15) is 11.6 Å². The molecule has 74 valence electrons. The Hall–Kier alpha value is -0.640. The SMILES string of the molecule is CC.CC.CC(=O)OCC(N)=S. The van der Waals surface area contributed by atoms with Gasteiger partial charge < -0.3 is 10.5 Å². The van der Waals surface area contributed by atoms with Crippen molar-refractivity contribution in [3.05, 3.63) is 0 Å². The number of rotatable bonds is 2. The summed E-state index contributed by atoms with van der Waals surface area (Å²) in [6.45, 7) is 9.35. The molecule has 0 rings (SSSR count). The quantitative estimate of drug-likeness (QED) is 0.537. The van der Waals surface area contributed by atoms with Gasteiger partial charge in [-0.1, -0.05) is 39.9 Å². The van der Waals surface area contributed by atoms with Gasteiger partial charge in [-0.05, 0) is 0 Å². The second-order valence-electron chi connectivity index (χ2n) is 1.25. The molecule has 0 heterocycles. The molecule has 0 spiro atoms. The topological polar surface area (TPSA) is 52.3 Å². The second kappa shape index (κ2) is 16.8. The van der Waals surface area contributed by atoms with Crippen molar-refractivity contribution in [2.24, 2.45) is 5.73 Å². The molecule has 0 unspecified atom stereocenters. The molecule has 2 N–H and O–H groups in total. The van der Waals surface area contributed by atoms with Gasteiger partial charge in [-0.3, -0.25) is 4.79 Å². The third-order valence-corrected chi connectivity index (χ3v) is 0.536. The summed E-state index contributed by atoms with van der Waals surface area (Å²) in [5.41, 5.74) is 4.99. The average Bonchev–Trinajstić information content (AvgIpc) is 2.08. The third-order valence-electron chi connectivity index (χ3n) is 0.418. The molecule has 0 saturated carbocycles. The Morgan fingerprint density at radius 3 is 1.75 bits per heavy atom. The van der Waals surface area contributed by atoms with E-state index in [-0.39, 0.29) is 17.6 Å². The average molecular weight is 193 g/mol. The molecule has 0 aliphatic rings. The molecule has 0 aromatic carbocycles. The van der Waals surface area contributed by atoms with Gasteiger partial charge in [0.25, 0.3) is 0 Å². The normalized spacial score (nSPS) is 6.42. The van der Waals surface area contributed by atoms with Gasteiger partial charge >= 0.3 is 5.97 Å². The molecule has 0 saturated heterocycles. The predicted octanol–water partition coefficient (Wildman–Crippen LogP) is 1.89. The highest BCUT2D eigenvalue weighted by molar-refractivity contribution is 7.80. The molecule has 3 nitrogen and oxygen atoms in total. The number of hydrogen-bond donors (Lipinski definition) is 1. The predicted molar refractivity (Wildman–Crippen MR) is 56.1 cm³/mol. The van der Waals surface area contributed by atoms with Gasteiger partial charge in [0.2, 0.25) is 0 Å². The van der Waals surface area contributed by atoms with Crippen LogP contribution in [-0.4, -0.2) is 17.6 Å². The Morgan fingerprint density at radius 1 is 1.33 bits per heavy atom. The maximum atomic E-state index is 10.0. The van der Waals surface area contributed by atoms with Gasteiger partial charge in [0, 0.05) is 6.92 Å². The lowest BCUT2D eigenvalue weighted by atomic mass is 10.7. The summed E-state index contributed by atoms with van der Waals surface area (Å²) in [4.78, 5) is 10.2. The lowest BCUT2D eigenvalue weighted by Gasteiger charge is -1.95. The van der Waals surface area contributed by atoms with Gasteiger partial charge in [0.05, 0.1) is 0 Å². The van der Waals surface area contributed by atoms with Gasteiger partial charge in [-0.2, -0.15) is 0 Å². The minimum absolute atomic E-state index is 0.0463. The third kappa shape index (κ3) is 34.4. The van der Waals surface area contributed by atoms with Crippen LogP contribution in [0, 0.1) is 0 Å². The van der Waals surface area contributed by atoms with Crippen LogP contribution in [0.1, 0.15) is 34.6 Å². The van der Waals surface area contributed by atoms with Crippen molar-refractivity contribution in [2.75, 3.05) is 6.61 Å². The zero-order valence-corrected chi connectivity index (χ0v) is 9.33. The monoisotopic (exact) mass is 193 g/mol. The van der Waals surface area contributed by atoms with Crippen molar-refractivity contribution in [3.8, 4) is 0 Å². The molecule has 4 heteroatoms. The Balaban J connectivity index is -0.000000175. The van der Waals surface area contributed by atoms with Crippen molar-refractivity contribution in [1.29, 1.82) is 0 Å². The summed E-state index contributed by atoms with van der Waals surface area (Å²) in [7, 11) is 0. The number of esters is 1. The zero-order chi connectivity index (χ0) is 10.6. The van der Waals surface area contributed by atoms with E-state index in [1.807, 2.05) is 27.7 Å². The van der Waals surface area contributed by atoms with Crippen molar-refractivity contribution >= 4 is 23.2 Å². The Kier molecular flexibility index (Phi) is 24.4. The first kappa shape index (κ1) is 17.4. The summed E-state index contributed by atoms with van der Waals surface area (Å²) in [6, 6.07) is 0. The lowest BCUT2D eigenvalue weighted by molar-refractivity contribution is -0.139. The highest BCUT2D eigenvalue weighted by atomic mass is 32.1. The number of thiocarbonyl (C=S) groups is 1. The van der Waals surface area contributed by atoms with E-state index in [0.717, 1.165) is 0 Å². The van der Waals surface area contributed by atoms with E-state index in [2.05, 4.69) is 17.0 Å². The van der Waals surface area contributed by atoms with Crippen LogP contribution < -0.4 is 5.73 Å². The molecule has 12 heavy (non-hydrogen) atoms. The summed E-state index contributed by atoms with van der Waals surface area (Å²) in [6.07, 6.45) is 0. The maximum Gasteiger partial charge on any atom is 0.303 e. The fourth-order valence-electron chi connectivity index (χ4n) is 0.173. The molecule has 0 aromatic rings. The summed E-state index contributed by atoms with van der Waals surface area (Å²) < 4.78 is 4.40. The molecular formula is C8H19NO2S. The number of hydrogen-bond acceptors (Lipinski definition) is 3. The zero-order valence-electron chi connectivity index (χ0n) is 8.51. The first-order chi connectivity index (χ1) is 5.63. The fourth-order valence-corrected chi connectivity index (χ4v) is 0.232. The summed E-state index contributed by atoms with van der Waals surface area (Å²) in [5.74, 6) is -0.363. The van der Waals surface area contributed by atoms with Gasteiger partial charge in [-0.25, -0.2) is 0 Å². The van der Waals surface area contributed by atoms with Crippen LogP contribution >= 0.6 is 12.2 Å². The van der Waals surface area contributed by atoms with Crippen LogP contribution in [0.3, 0.4) is 0 Å². The van der Waals surface area contributed by atoms with Crippen LogP contribution in [0.25, 0.3) is 0 Å². The number of nitrogens with two attached hydrogens (primary N) is 1. The van der Waals surface area contributed by atoms with Crippen molar-refractivity contribution in [3.63, 3.8) is 0 Å². The number of ether oxygens (including phenoxy) is 1. The lowest BCUT2D eigenvalue weighted by Crippen LogP contribution is -2.17. The number of carbonyl (C=O) groups excluding carboxylic acids is 1. The van der Waals surface area contributed by atoms with E-state index in [1.54, 1.807) is 0 Å². The maximum absolute atomic E-state index is 10.0. The highest BCUT2D eigenvalue weighted by Gasteiger charge is 1.91. The molecule has 0 fully saturated rings. The van der Waals surface area contributed by atoms with Crippen molar-refractivity contribution < 1.29 is 9.53 Å². The van der Waals surface area contributed by atoms with Crippen LogP contribution in [0.2, 0.25) is 0 Å². The van der Waals surface area contributed by atoms with Gasteiger partial charge in [0.15, 0.2) is 0 Å². The van der Waals surface area contributed by atoms with E-state index >= 15 is 0 Å². The summed E-state index contributed by atoms with van der Waals surface area (Å²) >= 11 is 4.41. The van der Waals surface area contributed by atoms with Crippen molar-refractivity contribution in [2.45, 2.75) is 34.6 Å². The van der Waals surface area contributed by atoms with E-state index < -0.39 is 0 Å². The molecule has 0 bridgehead atoms. The molecular weight excluding hydrogens is 174 g/mol. The molecule has 0 aromatic heterocycles. The Labute approximate surface area is 80.3 Å². The van der Waals surface area contributed by atoms with Crippen LogP contribution in [-0.2, 0) is 9.53 Å². The second-order valence-corrected chi connectivity index (χ2v) is 1.77. The van der Waals surface area contributed by atoms with E-state index in [0.29, 0.717) is 0 Å². The summed E-state index contributed by atoms with van der Waals surface area (Å²) in [5, 5.41) is 0. The minimum atomic E-state index is -0.363. The fraction of sp³-hybridized carbons (Fsp3) is 0.750. The molecule has 0 radical (unpaired) electrons. The van der Waals surface area contributed by atoms with Crippen LogP contribution in [0.15, 0.2) is 0 Å². The minimum Gasteiger partial charge on any atom is -0.459 e. The molecule has 0 aliphatic carbocycles. The van der Waals surface area contributed by atoms with E-state index in [9.17, 15) is 4.79 Å². The largest absolute Gasteiger partial charge is 0.459 e. The molecule has 0 amide bonds. The van der Waals surface area contributed by atoms with Crippen molar-refractivity contribution in [1.82, 2.24) is 0 Å². The highest BCUT2D eigenvalue weighted by Crippen LogP contribution is 1.74. The standard InChI is InChI=1S/C4H7NO2S.2C2H6/c1-3(6)7-2-4(5)8;2*1-2/h2H2,1H3,(H2,5,8);2*1-2H3. The smallest absolute Gasteiger partial charge is 0.303 e. The number of carbonyl (C=O) groups is 1. The van der Waals surface area contributed by atoms with E-state index in [1.165, 1.54) is 6.92 Å². The Bertz CT molecular complexity index is 102. The molecule has 0 aliphatic heterocycles. The first-order valence-corrected chi connectivity index (χ1v) is 4.45. The van der Waals surface area contributed by atoms with Gasteiger partial charge in [-0.15, -0.1) is 0 Å².